The molecule has 1 unspecified atom stereocenters. The van der Waals surface area contributed by atoms with Gasteiger partial charge in [-0.25, -0.2) is 4.79 Å². The highest BCUT2D eigenvalue weighted by Gasteiger charge is 2.40. The first-order valence-corrected chi connectivity index (χ1v) is 25.1. The lowest BCUT2D eigenvalue weighted by Crippen LogP contribution is -2.57. The van der Waals surface area contributed by atoms with Crippen LogP contribution in [0.1, 0.15) is 96.8 Å². The number of nitrogens with two attached hydrogens (primary N) is 5. The van der Waals surface area contributed by atoms with Gasteiger partial charge in [-0.3, -0.25) is 62.3 Å². The first kappa shape index (κ1) is 65.5. The Hall–Kier alpha value is -7.58. The van der Waals surface area contributed by atoms with E-state index in [1.165, 1.54) is 6.92 Å². The Bertz CT molecular complexity index is 2150. The normalized spacial score (nSPS) is 18.2. The number of carboxylic acids is 2. The minimum atomic E-state index is -1.70. The molecule has 0 spiro atoms. The van der Waals surface area contributed by atoms with E-state index in [9.17, 15) is 82.4 Å². The molecule has 9 atom stereocenters. The molecular formula is C45H75N15O17. The van der Waals surface area contributed by atoms with Crippen LogP contribution in [0.5, 0.6) is 0 Å². The number of nitrogens with zero attached hydrogens (tertiary/aromatic N) is 2. The van der Waals surface area contributed by atoms with Gasteiger partial charge in [0.1, 0.15) is 42.3 Å². The lowest BCUT2D eigenvalue weighted by Gasteiger charge is -2.26. The maximum absolute atomic E-state index is 13.6. The summed E-state index contributed by atoms with van der Waals surface area (Å²) in [5, 5.41) is 47.6. The largest absolute Gasteiger partial charge is 0.481 e. The van der Waals surface area contributed by atoms with Crippen molar-refractivity contribution in [2.45, 2.75) is 151 Å². The summed E-state index contributed by atoms with van der Waals surface area (Å²) in [6, 6.07) is -10.9. The SMILES string of the molecule is C[C@H](N)C(=O)N1CC(O)C[C@H]1C(=O)NCC(=O)N[C@@H](CC(N)=O)C(=O)N[C@@H](CCCCN)C(=O)NCC(=O)N[C@@H](CCC(=O)O)C(=O)N[C@@H](CCC(N)=O)C(=O)NCC(=O)N1CCC[C@H]1C(=O)N[C@@H](CCCCN)C(=O)O. The van der Waals surface area contributed by atoms with E-state index in [1.54, 1.807) is 0 Å². The van der Waals surface area contributed by atoms with E-state index in [-0.39, 0.29) is 51.7 Å². The number of β-amino-alcohol motifs (C(OH)–C–C–N with tert-alkyl or cyclic N) is 1. The van der Waals surface area contributed by atoms with Crippen LogP contribution in [0.3, 0.4) is 0 Å². The van der Waals surface area contributed by atoms with Gasteiger partial charge in [-0.05, 0) is 84.2 Å². The number of rotatable bonds is 35. The van der Waals surface area contributed by atoms with Gasteiger partial charge in [-0.15, -0.1) is 0 Å². The molecule has 2 aliphatic heterocycles. The van der Waals surface area contributed by atoms with Crippen LogP contribution in [-0.4, -0.2) is 208 Å². The fraction of sp³-hybridized carbons (Fsp3) is 0.689. The summed E-state index contributed by atoms with van der Waals surface area (Å²) in [4.78, 5) is 181. The molecule has 12 amide bonds. The molecular weight excluding hydrogens is 1020 g/mol. The molecule has 2 saturated heterocycles. The lowest BCUT2D eigenvalue weighted by molar-refractivity contribution is -0.144. The Balaban J connectivity index is 2.14. The van der Waals surface area contributed by atoms with Crippen molar-refractivity contribution in [1.29, 1.82) is 0 Å². The fourth-order valence-electron chi connectivity index (χ4n) is 8.19. The molecule has 432 valence electrons. The zero-order valence-corrected chi connectivity index (χ0v) is 42.9. The Labute approximate surface area is 442 Å². The third-order valence-electron chi connectivity index (χ3n) is 12.2. The van der Waals surface area contributed by atoms with Gasteiger partial charge in [0.25, 0.3) is 0 Å². The van der Waals surface area contributed by atoms with Crippen LogP contribution in [0.2, 0.25) is 0 Å². The van der Waals surface area contributed by atoms with Crippen molar-refractivity contribution >= 4 is 82.8 Å². The highest BCUT2D eigenvalue weighted by atomic mass is 16.4. The minimum absolute atomic E-state index is 0.0891. The van der Waals surface area contributed by atoms with Crippen LogP contribution < -0.4 is 71.2 Å². The number of nitrogens with one attached hydrogen (secondary N) is 8. The van der Waals surface area contributed by atoms with Gasteiger partial charge in [0.2, 0.25) is 70.9 Å². The van der Waals surface area contributed by atoms with Crippen molar-refractivity contribution < 1.29 is 82.4 Å². The van der Waals surface area contributed by atoms with E-state index in [2.05, 4.69) is 42.5 Å². The summed E-state index contributed by atoms with van der Waals surface area (Å²) >= 11 is 0. The summed E-state index contributed by atoms with van der Waals surface area (Å²) in [7, 11) is 0. The van der Waals surface area contributed by atoms with Gasteiger partial charge in [-0.1, -0.05) is 0 Å². The third-order valence-corrected chi connectivity index (χ3v) is 12.2. The van der Waals surface area contributed by atoms with E-state index in [0.29, 0.717) is 32.2 Å². The molecule has 2 heterocycles. The number of carbonyl (C=O) groups excluding carboxylic acids is 12. The molecule has 0 aromatic rings. The van der Waals surface area contributed by atoms with Crippen LogP contribution in [0.4, 0.5) is 0 Å². The molecule has 21 N–H and O–H groups in total. The quantitative estimate of drug-likeness (QED) is 0.0262. The number of unbranched alkanes of at least 4 members (excludes halogenated alkanes) is 2. The zero-order chi connectivity index (χ0) is 57.9. The average Bonchev–Trinajstić information content (AvgIpc) is 4.02. The molecule has 2 fully saturated rings. The van der Waals surface area contributed by atoms with Gasteiger partial charge in [0.15, 0.2) is 0 Å². The molecule has 0 aromatic heterocycles. The molecule has 0 bridgehead atoms. The molecule has 0 radical (unpaired) electrons. The number of carboxylic acid groups (broad SMARTS) is 2. The number of hydrogen-bond donors (Lipinski definition) is 16. The number of hydrogen-bond acceptors (Lipinski definition) is 18. The first-order valence-electron chi connectivity index (χ1n) is 25.1. The predicted molar refractivity (Wildman–Crippen MR) is 266 cm³/mol. The molecule has 2 rings (SSSR count). The summed E-state index contributed by atoms with van der Waals surface area (Å²) in [5.74, 6) is -13.9. The molecule has 77 heavy (non-hydrogen) atoms. The molecule has 2 aliphatic rings. The van der Waals surface area contributed by atoms with Crippen molar-refractivity contribution in [2.75, 3.05) is 45.8 Å². The maximum atomic E-state index is 13.6. The smallest absolute Gasteiger partial charge is 0.326 e. The zero-order valence-electron chi connectivity index (χ0n) is 42.9. The monoisotopic (exact) mass is 1100 g/mol. The number of aliphatic hydroxyl groups is 1. The highest BCUT2D eigenvalue weighted by Crippen LogP contribution is 2.20. The standard InChI is InChI=1S/C45H75N15O17/c1-23(48)44(75)60-22-24(61)17-31(60)42(73)52-20-35(65)55-29(18-33(50)63)41(72)56-25(7-2-4-14-46)38(69)51-19-34(64)54-27(11-13-37(67)68)40(71)57-26(10-12-32(49)62)39(70)53-21-36(66)59-16-6-9-30(59)43(74)58-28(45(76)77)8-3-5-15-47/h23-31,61H,2-22,46-48H2,1H3,(H2,49,62)(H2,50,63)(H,51,69)(H,52,73)(H,53,70)(H,54,64)(H,55,65)(H,56,72)(H,57,71)(H,58,74)(H,67,68)(H,76,77)/t23-,24?,25-,26-,27-,28-,29-,30-,31-/m0/s1. The summed E-state index contributed by atoms with van der Waals surface area (Å²) in [5.41, 5.74) is 27.4. The van der Waals surface area contributed by atoms with Crippen molar-refractivity contribution in [1.82, 2.24) is 52.3 Å². The summed E-state index contributed by atoms with van der Waals surface area (Å²) in [6.07, 6.45) is -2.06. The Kier molecular flexibility index (Phi) is 28.5. The minimum Gasteiger partial charge on any atom is -0.481 e. The molecule has 0 saturated carbocycles. The van der Waals surface area contributed by atoms with E-state index < -0.39 is 189 Å². The summed E-state index contributed by atoms with van der Waals surface area (Å²) in [6.45, 7) is -0.586. The Morgan fingerprint density at radius 2 is 1.09 bits per heavy atom. The van der Waals surface area contributed by atoms with Crippen LogP contribution in [-0.2, 0) is 67.1 Å². The van der Waals surface area contributed by atoms with Crippen LogP contribution >= 0.6 is 0 Å². The number of aliphatic hydroxyl groups excluding tert-OH is 1. The average molecular weight is 1100 g/mol. The fourth-order valence-corrected chi connectivity index (χ4v) is 8.19. The van der Waals surface area contributed by atoms with Gasteiger partial charge < -0.3 is 96.3 Å². The summed E-state index contributed by atoms with van der Waals surface area (Å²) < 4.78 is 0. The number of likely N-dealkylation sites (tertiary alicyclic amines) is 2. The van der Waals surface area contributed by atoms with Crippen molar-refractivity contribution in [3.63, 3.8) is 0 Å². The van der Waals surface area contributed by atoms with Crippen molar-refractivity contribution in [2.24, 2.45) is 28.7 Å². The molecule has 0 aliphatic carbocycles. The highest BCUT2D eigenvalue weighted by molar-refractivity contribution is 5.98. The predicted octanol–water partition coefficient (Wildman–Crippen LogP) is -8.59. The van der Waals surface area contributed by atoms with Crippen LogP contribution in [0.25, 0.3) is 0 Å². The van der Waals surface area contributed by atoms with Gasteiger partial charge in [0, 0.05) is 32.4 Å². The maximum Gasteiger partial charge on any atom is 0.326 e. The van der Waals surface area contributed by atoms with Gasteiger partial charge in [0.05, 0.1) is 38.2 Å². The second-order valence-corrected chi connectivity index (χ2v) is 18.5. The number of primary amides is 2. The number of carbonyl (C=O) groups is 14. The van der Waals surface area contributed by atoms with Crippen molar-refractivity contribution in [3.8, 4) is 0 Å². The second-order valence-electron chi connectivity index (χ2n) is 18.5. The van der Waals surface area contributed by atoms with E-state index in [0.717, 1.165) is 9.80 Å². The Morgan fingerprint density at radius 3 is 1.64 bits per heavy atom. The Morgan fingerprint density at radius 1 is 0.571 bits per heavy atom. The molecule has 0 aromatic carbocycles. The van der Waals surface area contributed by atoms with Gasteiger partial charge >= 0.3 is 11.9 Å². The molecule has 32 heteroatoms. The van der Waals surface area contributed by atoms with E-state index >= 15 is 0 Å². The number of aliphatic carboxylic acids is 2. The van der Waals surface area contributed by atoms with Crippen LogP contribution in [0.15, 0.2) is 0 Å². The van der Waals surface area contributed by atoms with Crippen molar-refractivity contribution in [3.05, 3.63) is 0 Å². The number of amides is 12. The topological polar surface area (TPSA) is 532 Å². The second kappa shape index (κ2) is 33.5. The van der Waals surface area contributed by atoms with Crippen LogP contribution in [0, 0.1) is 0 Å². The van der Waals surface area contributed by atoms with E-state index in [4.69, 9.17) is 28.7 Å². The lowest BCUT2D eigenvalue weighted by atomic mass is 10.1. The molecule has 32 nitrogen and oxygen atoms in total. The van der Waals surface area contributed by atoms with Gasteiger partial charge in [-0.2, -0.15) is 0 Å². The third kappa shape index (κ3) is 23.5. The first-order chi connectivity index (χ1) is 36.3. The van der Waals surface area contributed by atoms with E-state index in [1.807, 2.05) is 0 Å².